The van der Waals surface area contributed by atoms with Gasteiger partial charge in [-0.05, 0) is 42.2 Å². The number of aromatic nitrogens is 2. The summed E-state index contributed by atoms with van der Waals surface area (Å²) in [5.41, 5.74) is 4.89. The first-order valence-electron chi connectivity index (χ1n) is 5.77. The summed E-state index contributed by atoms with van der Waals surface area (Å²) in [6.07, 6.45) is 3.93. The second kappa shape index (κ2) is 4.22. The van der Waals surface area contributed by atoms with Crippen molar-refractivity contribution in [3.63, 3.8) is 0 Å². The van der Waals surface area contributed by atoms with Crippen molar-refractivity contribution in [2.45, 2.75) is 12.8 Å². The van der Waals surface area contributed by atoms with E-state index in [-0.39, 0.29) is 6.61 Å². The number of hydrogen-bond donors (Lipinski definition) is 2. The van der Waals surface area contributed by atoms with Crippen LogP contribution in [0.2, 0.25) is 0 Å². The topological polar surface area (TPSA) is 58.1 Å². The van der Waals surface area contributed by atoms with Gasteiger partial charge >= 0.3 is 0 Å². The molecule has 1 heterocycles. The number of H-pyrrole nitrogens is 1. The largest absolute Gasteiger partial charge is 0.491 e. The van der Waals surface area contributed by atoms with Gasteiger partial charge in [-0.25, -0.2) is 0 Å². The Kier molecular flexibility index (Phi) is 2.57. The van der Waals surface area contributed by atoms with E-state index >= 15 is 0 Å². The molecule has 0 radical (unpaired) electrons. The maximum Gasteiger partial charge on any atom is 0.119 e. The minimum atomic E-state index is 0.0434. The Morgan fingerprint density at radius 1 is 1.29 bits per heavy atom. The molecule has 0 spiro atoms. The molecule has 0 unspecified atom stereocenters. The van der Waals surface area contributed by atoms with Gasteiger partial charge in [-0.15, -0.1) is 0 Å². The van der Waals surface area contributed by atoms with Crippen LogP contribution in [-0.4, -0.2) is 28.5 Å². The normalized spacial score (nSPS) is 13.0. The number of aryl methyl sites for hydroxylation is 2. The third-order valence-electron chi connectivity index (χ3n) is 3.09. The average molecular weight is 230 g/mol. The summed E-state index contributed by atoms with van der Waals surface area (Å²) >= 11 is 0. The Morgan fingerprint density at radius 2 is 2.18 bits per heavy atom. The van der Waals surface area contributed by atoms with Crippen molar-refractivity contribution in [1.82, 2.24) is 10.2 Å². The van der Waals surface area contributed by atoms with Crippen LogP contribution in [0.1, 0.15) is 11.1 Å². The van der Waals surface area contributed by atoms with E-state index in [1.165, 1.54) is 16.7 Å². The van der Waals surface area contributed by atoms with Crippen LogP contribution in [0.3, 0.4) is 0 Å². The van der Waals surface area contributed by atoms with E-state index < -0.39 is 0 Å². The Hall–Kier alpha value is -1.81. The molecule has 0 atom stereocenters. The second-order valence-electron chi connectivity index (χ2n) is 4.16. The number of aliphatic hydroxyl groups is 1. The van der Waals surface area contributed by atoms with Crippen molar-refractivity contribution < 1.29 is 9.84 Å². The van der Waals surface area contributed by atoms with Crippen LogP contribution in [-0.2, 0) is 12.8 Å². The standard InChI is InChI=1S/C13H14N2O2/c16-5-6-17-11-3-4-12-9(7-11)1-2-10-8-14-15-13(10)12/h3-4,7-8,16H,1-2,5-6H2,(H,14,15). The third kappa shape index (κ3) is 1.80. The molecule has 0 saturated heterocycles. The van der Waals surface area contributed by atoms with Crippen molar-refractivity contribution >= 4 is 0 Å². The maximum atomic E-state index is 8.73. The molecule has 88 valence electrons. The fraction of sp³-hybridized carbons (Fsp3) is 0.308. The predicted molar refractivity (Wildman–Crippen MR) is 64.0 cm³/mol. The highest BCUT2D eigenvalue weighted by molar-refractivity contribution is 5.70. The molecule has 0 fully saturated rings. The van der Waals surface area contributed by atoms with Crippen LogP contribution >= 0.6 is 0 Å². The minimum absolute atomic E-state index is 0.0434. The number of ether oxygens (including phenoxy) is 1. The Labute approximate surface area is 99.2 Å². The van der Waals surface area contributed by atoms with Gasteiger partial charge in [-0.2, -0.15) is 5.10 Å². The molecule has 0 aliphatic heterocycles. The number of hydrogen-bond acceptors (Lipinski definition) is 3. The lowest BCUT2D eigenvalue weighted by Crippen LogP contribution is -2.05. The molecule has 0 bridgehead atoms. The van der Waals surface area contributed by atoms with Crippen molar-refractivity contribution in [3.8, 4) is 17.0 Å². The summed E-state index contributed by atoms with van der Waals surface area (Å²) in [6, 6.07) is 6.04. The molecule has 4 nitrogen and oxygen atoms in total. The molecule has 4 heteroatoms. The summed E-state index contributed by atoms with van der Waals surface area (Å²) < 4.78 is 5.41. The fourth-order valence-electron chi connectivity index (χ4n) is 2.28. The Bertz CT molecular complexity index is 534. The fourth-order valence-corrected chi connectivity index (χ4v) is 2.28. The van der Waals surface area contributed by atoms with Crippen molar-refractivity contribution in [1.29, 1.82) is 0 Å². The van der Waals surface area contributed by atoms with E-state index in [1.54, 1.807) is 0 Å². The summed E-state index contributed by atoms with van der Waals surface area (Å²) in [4.78, 5) is 0. The van der Waals surface area contributed by atoms with Gasteiger partial charge in [-0.3, -0.25) is 5.10 Å². The van der Waals surface area contributed by atoms with Gasteiger partial charge in [0.15, 0.2) is 0 Å². The summed E-state index contributed by atoms with van der Waals surface area (Å²) in [5, 5.41) is 15.9. The Balaban J connectivity index is 1.96. The van der Waals surface area contributed by atoms with Gasteiger partial charge in [0.1, 0.15) is 12.4 Å². The highest BCUT2D eigenvalue weighted by atomic mass is 16.5. The molecule has 2 N–H and O–H groups in total. The van der Waals surface area contributed by atoms with E-state index in [2.05, 4.69) is 22.3 Å². The summed E-state index contributed by atoms with van der Waals surface area (Å²) in [7, 11) is 0. The highest BCUT2D eigenvalue weighted by Gasteiger charge is 2.17. The SMILES string of the molecule is OCCOc1ccc2c(c1)CCc1cn[nH]c1-2. The van der Waals surface area contributed by atoms with Crippen LogP contribution in [0.4, 0.5) is 0 Å². The first kappa shape index (κ1) is 10.4. The zero-order valence-corrected chi connectivity index (χ0v) is 9.44. The smallest absolute Gasteiger partial charge is 0.119 e. The molecule has 0 amide bonds. The first-order chi connectivity index (χ1) is 8.38. The van der Waals surface area contributed by atoms with E-state index in [9.17, 15) is 0 Å². The van der Waals surface area contributed by atoms with Gasteiger partial charge < -0.3 is 9.84 Å². The second-order valence-corrected chi connectivity index (χ2v) is 4.16. The molecule has 3 rings (SSSR count). The zero-order chi connectivity index (χ0) is 11.7. The highest BCUT2D eigenvalue weighted by Crippen LogP contribution is 2.33. The van der Waals surface area contributed by atoms with E-state index in [0.717, 1.165) is 24.3 Å². The van der Waals surface area contributed by atoms with E-state index in [4.69, 9.17) is 9.84 Å². The lowest BCUT2D eigenvalue weighted by atomic mass is 9.90. The Morgan fingerprint density at radius 3 is 3.06 bits per heavy atom. The first-order valence-corrected chi connectivity index (χ1v) is 5.77. The van der Waals surface area contributed by atoms with Gasteiger partial charge in [0, 0.05) is 5.56 Å². The zero-order valence-electron chi connectivity index (χ0n) is 9.44. The lowest BCUT2D eigenvalue weighted by Gasteiger charge is -2.16. The maximum absolute atomic E-state index is 8.73. The minimum Gasteiger partial charge on any atom is -0.491 e. The van der Waals surface area contributed by atoms with Crippen molar-refractivity contribution in [2.75, 3.05) is 13.2 Å². The monoisotopic (exact) mass is 230 g/mol. The van der Waals surface area contributed by atoms with Crippen LogP contribution < -0.4 is 4.74 Å². The molecular formula is C13H14N2O2. The summed E-state index contributed by atoms with van der Waals surface area (Å²) in [6.45, 7) is 0.385. The van der Waals surface area contributed by atoms with E-state index in [0.29, 0.717) is 6.61 Å². The third-order valence-corrected chi connectivity index (χ3v) is 3.09. The molecule has 0 saturated carbocycles. The van der Waals surface area contributed by atoms with Gasteiger partial charge in [0.25, 0.3) is 0 Å². The molecule has 1 aliphatic carbocycles. The van der Waals surface area contributed by atoms with Crippen LogP contribution in [0.25, 0.3) is 11.3 Å². The van der Waals surface area contributed by atoms with Crippen molar-refractivity contribution in [3.05, 3.63) is 35.5 Å². The molecular weight excluding hydrogens is 216 g/mol. The number of benzene rings is 1. The quantitative estimate of drug-likeness (QED) is 0.841. The van der Waals surface area contributed by atoms with Crippen molar-refractivity contribution in [2.24, 2.45) is 0 Å². The lowest BCUT2D eigenvalue weighted by molar-refractivity contribution is 0.201. The van der Waals surface area contributed by atoms with Gasteiger partial charge in [0.05, 0.1) is 18.5 Å². The predicted octanol–water partition coefficient (Wildman–Crippen LogP) is 1.55. The van der Waals surface area contributed by atoms with Crippen LogP contribution in [0.5, 0.6) is 5.75 Å². The number of rotatable bonds is 3. The number of aliphatic hydroxyl groups excluding tert-OH is 1. The number of nitrogens with one attached hydrogen (secondary N) is 1. The molecule has 1 aromatic heterocycles. The molecule has 2 aromatic rings. The van der Waals surface area contributed by atoms with Crippen LogP contribution in [0, 0.1) is 0 Å². The number of nitrogens with zero attached hydrogens (tertiary/aromatic N) is 1. The molecule has 1 aromatic carbocycles. The average Bonchev–Trinajstić information content (AvgIpc) is 2.84. The van der Waals surface area contributed by atoms with Gasteiger partial charge in [-0.1, -0.05) is 0 Å². The van der Waals surface area contributed by atoms with Crippen LogP contribution in [0.15, 0.2) is 24.4 Å². The van der Waals surface area contributed by atoms with Gasteiger partial charge in [0.2, 0.25) is 0 Å². The molecule has 17 heavy (non-hydrogen) atoms. The molecule has 1 aliphatic rings. The number of aromatic amines is 1. The summed E-state index contributed by atoms with van der Waals surface area (Å²) in [5.74, 6) is 0.820. The number of fused-ring (bicyclic) bond motifs is 3. The van der Waals surface area contributed by atoms with E-state index in [1.807, 2.05) is 12.3 Å².